The fraction of sp³-hybridized carbons (Fsp3) is 0.778. The Labute approximate surface area is 140 Å². The van der Waals surface area contributed by atoms with Crippen LogP contribution in [0.15, 0.2) is 11.6 Å². The number of fused-ring (bicyclic) bond motifs is 2. The zero-order chi connectivity index (χ0) is 17.8. The first kappa shape index (κ1) is 18.4. The zero-order valence-corrected chi connectivity index (χ0v) is 16.6. The molecule has 0 saturated heterocycles. The van der Waals surface area contributed by atoms with Gasteiger partial charge in [-0.1, -0.05) is 25.5 Å². The van der Waals surface area contributed by atoms with E-state index in [0.29, 0.717) is 0 Å². The second kappa shape index (κ2) is 5.55. The molecule has 0 aromatic heterocycles. The summed E-state index contributed by atoms with van der Waals surface area (Å²) >= 11 is 0. The Morgan fingerprint density at radius 1 is 1.22 bits per heavy atom. The monoisotopic (exact) mass is 338 g/mol. The van der Waals surface area contributed by atoms with Gasteiger partial charge in [0.25, 0.3) is 0 Å². The van der Waals surface area contributed by atoms with Crippen LogP contribution in [0.1, 0.15) is 41.0 Å². The Bertz CT molecular complexity index is 558. The topological polar surface area (TPSA) is 52.6 Å². The molecule has 4 atom stereocenters. The molecule has 3 aliphatic rings. The summed E-state index contributed by atoms with van der Waals surface area (Å²) < 4.78 is 12.3. The normalized spacial score (nSPS) is 35.7. The van der Waals surface area contributed by atoms with Crippen LogP contribution in [0.5, 0.6) is 0 Å². The zero-order valence-electron chi connectivity index (χ0n) is 15.6. The minimum absolute atomic E-state index is 0.0405. The van der Waals surface area contributed by atoms with Crippen molar-refractivity contribution in [2.45, 2.75) is 72.4 Å². The average Bonchev–Trinajstić information content (AvgIpc) is 2.19. The van der Waals surface area contributed by atoms with Crippen LogP contribution < -0.4 is 0 Å². The molecule has 0 aliphatic heterocycles. The van der Waals surface area contributed by atoms with Crippen LogP contribution in [-0.4, -0.2) is 31.8 Å². The molecule has 0 spiro atoms. The van der Waals surface area contributed by atoms with Gasteiger partial charge >= 0.3 is 5.97 Å². The molecule has 5 heteroatoms. The molecule has 0 heterocycles. The van der Waals surface area contributed by atoms with Crippen molar-refractivity contribution in [1.82, 2.24) is 0 Å². The van der Waals surface area contributed by atoms with E-state index in [-0.39, 0.29) is 23.1 Å². The number of carbonyl (C=O) groups excluding carboxylic acids is 2. The molecular formula is C18H30O4Si. The lowest BCUT2D eigenvalue weighted by Crippen LogP contribution is -2.66. The van der Waals surface area contributed by atoms with E-state index in [1.165, 1.54) is 12.5 Å². The number of Topliss-reactive ketones (excluding diaryl/α,β-unsaturated/α-hetero) is 1. The highest BCUT2D eigenvalue weighted by molar-refractivity contribution is 6.69. The number of rotatable bonds is 4. The molecule has 0 aromatic carbocycles. The molecular weight excluding hydrogens is 308 g/mol. The third-order valence-corrected chi connectivity index (χ3v) is 5.95. The lowest BCUT2D eigenvalue weighted by Gasteiger charge is -2.60. The van der Waals surface area contributed by atoms with E-state index in [4.69, 9.17) is 9.16 Å². The van der Waals surface area contributed by atoms with Crippen molar-refractivity contribution in [3.05, 3.63) is 11.6 Å². The Hall–Kier alpha value is -0.943. The summed E-state index contributed by atoms with van der Waals surface area (Å²) in [4.78, 5) is 24.2. The van der Waals surface area contributed by atoms with Gasteiger partial charge < -0.3 is 9.16 Å². The van der Waals surface area contributed by atoms with Crippen molar-refractivity contribution in [2.24, 2.45) is 17.3 Å². The van der Waals surface area contributed by atoms with Gasteiger partial charge in [-0.05, 0) is 45.3 Å². The molecule has 3 aliphatic carbocycles. The fourth-order valence-corrected chi connectivity index (χ4v) is 6.34. The third kappa shape index (κ3) is 3.31. The quantitative estimate of drug-likeness (QED) is 0.445. The molecule has 0 unspecified atom stereocenters. The number of carbonyl (C=O) groups is 2. The van der Waals surface area contributed by atoms with E-state index < -0.39 is 25.9 Å². The molecule has 0 amide bonds. The van der Waals surface area contributed by atoms with Gasteiger partial charge in [-0.3, -0.25) is 9.59 Å². The van der Waals surface area contributed by atoms with E-state index >= 15 is 0 Å². The van der Waals surface area contributed by atoms with E-state index in [2.05, 4.69) is 46.5 Å². The molecule has 2 bridgehead atoms. The Morgan fingerprint density at radius 2 is 1.78 bits per heavy atom. The second-order valence-corrected chi connectivity index (χ2v) is 13.3. The van der Waals surface area contributed by atoms with Crippen LogP contribution in [0, 0.1) is 17.3 Å². The lowest BCUT2D eigenvalue weighted by atomic mass is 9.50. The average molecular weight is 339 g/mol. The van der Waals surface area contributed by atoms with E-state index in [1.54, 1.807) is 6.92 Å². The highest BCUT2D eigenvalue weighted by atomic mass is 28.4. The summed E-state index contributed by atoms with van der Waals surface area (Å²) in [6, 6.07) is 0. The minimum Gasteiger partial charge on any atom is -0.461 e. The van der Waals surface area contributed by atoms with Crippen LogP contribution in [-0.2, 0) is 18.8 Å². The highest BCUT2D eigenvalue weighted by Gasteiger charge is 2.63. The molecule has 0 radical (unpaired) electrons. The maximum Gasteiger partial charge on any atom is 0.302 e. The summed E-state index contributed by atoms with van der Waals surface area (Å²) in [7, 11) is -1.90. The van der Waals surface area contributed by atoms with Crippen LogP contribution >= 0.6 is 0 Å². The molecule has 23 heavy (non-hydrogen) atoms. The summed E-state index contributed by atoms with van der Waals surface area (Å²) in [5, 5.41) is 0. The van der Waals surface area contributed by atoms with E-state index in [1.807, 2.05) is 0 Å². The first-order chi connectivity index (χ1) is 10.3. The predicted octanol–water partition coefficient (Wildman–Crippen LogP) is 3.72. The van der Waals surface area contributed by atoms with Gasteiger partial charge in [0, 0.05) is 12.8 Å². The van der Waals surface area contributed by atoms with Gasteiger partial charge in [0.05, 0.1) is 11.5 Å². The Kier molecular flexibility index (Phi) is 4.44. The summed E-state index contributed by atoms with van der Waals surface area (Å²) in [5.41, 5.74) is 0.437. The van der Waals surface area contributed by atoms with Crippen molar-refractivity contribution >= 4 is 20.1 Å². The molecule has 130 valence electrons. The van der Waals surface area contributed by atoms with E-state index in [9.17, 15) is 9.59 Å². The molecule has 0 aromatic rings. The van der Waals surface area contributed by atoms with Crippen molar-refractivity contribution in [3.63, 3.8) is 0 Å². The molecule has 1 fully saturated rings. The Balaban J connectivity index is 2.62. The summed E-state index contributed by atoms with van der Waals surface area (Å²) in [6.07, 6.45) is 2.50. The molecule has 1 saturated carbocycles. The number of hydrogen-bond acceptors (Lipinski definition) is 4. The largest absolute Gasteiger partial charge is 0.461 e. The van der Waals surface area contributed by atoms with Gasteiger partial charge in [0.15, 0.2) is 8.32 Å². The van der Waals surface area contributed by atoms with Gasteiger partial charge in [-0.2, -0.15) is 0 Å². The predicted molar refractivity (Wildman–Crippen MR) is 92.5 cm³/mol. The number of ether oxygens (including phenoxy) is 1. The van der Waals surface area contributed by atoms with Crippen LogP contribution in [0.3, 0.4) is 0 Å². The van der Waals surface area contributed by atoms with Gasteiger partial charge in [-0.25, -0.2) is 0 Å². The van der Waals surface area contributed by atoms with E-state index in [0.717, 1.165) is 6.42 Å². The standard InChI is InChI=1S/C18H30O4Si/c1-11-9-18(22-23(6,7)8)10-17(4,5)14(11)16(21-13(3)20)15(18)12(2)19/h9,14-16H,10H2,1-8H3/t14-,15+,16+,18+/m1/s1. The minimum atomic E-state index is -1.90. The van der Waals surface area contributed by atoms with Crippen molar-refractivity contribution in [2.75, 3.05) is 0 Å². The summed E-state index contributed by atoms with van der Waals surface area (Å²) in [5.74, 6) is -0.647. The fourth-order valence-electron chi connectivity index (χ4n) is 4.94. The number of hydrogen-bond donors (Lipinski definition) is 0. The molecule has 3 rings (SSSR count). The summed E-state index contributed by atoms with van der Waals surface area (Å²) in [6.45, 7) is 15.8. The Morgan fingerprint density at radius 3 is 2.17 bits per heavy atom. The highest BCUT2D eigenvalue weighted by Crippen LogP contribution is 2.59. The van der Waals surface area contributed by atoms with Crippen molar-refractivity contribution in [1.29, 1.82) is 0 Å². The molecule has 4 nitrogen and oxygen atoms in total. The first-order valence-corrected chi connectivity index (χ1v) is 11.8. The maximum absolute atomic E-state index is 12.5. The van der Waals surface area contributed by atoms with Crippen molar-refractivity contribution < 1.29 is 18.8 Å². The first-order valence-electron chi connectivity index (χ1n) is 8.36. The smallest absolute Gasteiger partial charge is 0.302 e. The van der Waals surface area contributed by atoms with Gasteiger partial charge in [0.1, 0.15) is 11.9 Å². The molecule has 0 N–H and O–H groups in total. The second-order valence-electron chi connectivity index (χ2n) is 8.86. The van der Waals surface area contributed by atoms with Crippen molar-refractivity contribution in [3.8, 4) is 0 Å². The third-order valence-electron chi connectivity index (χ3n) is 4.96. The van der Waals surface area contributed by atoms with Gasteiger partial charge in [-0.15, -0.1) is 0 Å². The SMILES string of the molecule is CC(=O)O[C@H]1[C@H]2C(C)=C[C@](O[Si](C)(C)C)(CC2(C)C)[C@H]1C(C)=O. The number of esters is 1. The lowest BCUT2D eigenvalue weighted by molar-refractivity contribution is -0.184. The van der Waals surface area contributed by atoms with Crippen LogP contribution in [0.4, 0.5) is 0 Å². The van der Waals surface area contributed by atoms with Gasteiger partial charge in [0.2, 0.25) is 0 Å². The maximum atomic E-state index is 12.5. The number of ketones is 1. The van der Waals surface area contributed by atoms with Crippen LogP contribution in [0.25, 0.3) is 0 Å². The van der Waals surface area contributed by atoms with Crippen LogP contribution in [0.2, 0.25) is 19.6 Å².